The van der Waals surface area contributed by atoms with E-state index in [0.717, 1.165) is 18.5 Å². The van der Waals surface area contributed by atoms with Crippen molar-refractivity contribution in [3.05, 3.63) is 35.6 Å². The molecule has 2 unspecified atom stereocenters. The Morgan fingerprint density at radius 3 is 2.94 bits per heavy atom. The lowest BCUT2D eigenvalue weighted by molar-refractivity contribution is 0.194. The molecule has 92 valence electrons. The lowest BCUT2D eigenvalue weighted by atomic mass is 10.0. The molecular weight excluding hydrogens is 219 g/mol. The third kappa shape index (κ3) is 2.40. The fraction of sp³-hybridized carbons (Fsp3) is 0.462. The molecule has 3 nitrogen and oxygen atoms in total. The molecule has 2 amide bonds. The molecule has 1 heterocycles. The maximum atomic E-state index is 13.2. The molecule has 2 rings (SSSR count). The zero-order valence-corrected chi connectivity index (χ0v) is 10.1. The Labute approximate surface area is 101 Å². The predicted octanol–water partition coefficient (Wildman–Crippen LogP) is 2.55. The standard InChI is InChI=1S/C13H17FN2O/c1-9-6-12(16(8-9)13(17)15-2)10-4-3-5-11(14)7-10/h3-5,7,9,12H,6,8H2,1-2H3,(H,15,17). The number of amides is 2. The van der Waals surface area contributed by atoms with Crippen molar-refractivity contribution < 1.29 is 9.18 Å². The van der Waals surface area contributed by atoms with E-state index in [-0.39, 0.29) is 17.9 Å². The van der Waals surface area contributed by atoms with Crippen molar-refractivity contribution in [2.75, 3.05) is 13.6 Å². The third-order valence-electron chi connectivity index (χ3n) is 3.22. The van der Waals surface area contributed by atoms with Gasteiger partial charge < -0.3 is 10.2 Å². The number of hydrogen-bond acceptors (Lipinski definition) is 1. The van der Waals surface area contributed by atoms with Gasteiger partial charge in [0.2, 0.25) is 0 Å². The van der Waals surface area contributed by atoms with Gasteiger partial charge in [0.05, 0.1) is 6.04 Å². The zero-order valence-electron chi connectivity index (χ0n) is 10.1. The number of urea groups is 1. The molecule has 0 saturated carbocycles. The van der Waals surface area contributed by atoms with Crippen LogP contribution < -0.4 is 5.32 Å². The molecule has 2 atom stereocenters. The van der Waals surface area contributed by atoms with Crippen LogP contribution in [0.1, 0.15) is 24.9 Å². The minimum Gasteiger partial charge on any atom is -0.341 e. The Hall–Kier alpha value is -1.58. The molecular formula is C13H17FN2O. The molecule has 0 aromatic heterocycles. The van der Waals surface area contributed by atoms with Crippen LogP contribution in [0, 0.1) is 11.7 Å². The molecule has 1 aromatic carbocycles. The van der Waals surface area contributed by atoms with Crippen molar-refractivity contribution >= 4 is 6.03 Å². The third-order valence-corrected chi connectivity index (χ3v) is 3.22. The maximum absolute atomic E-state index is 13.2. The summed E-state index contributed by atoms with van der Waals surface area (Å²) >= 11 is 0. The summed E-state index contributed by atoms with van der Waals surface area (Å²) in [6, 6.07) is 6.39. The molecule has 4 heteroatoms. The van der Waals surface area contributed by atoms with Crippen molar-refractivity contribution in [3.8, 4) is 0 Å². The number of rotatable bonds is 1. The van der Waals surface area contributed by atoms with Crippen molar-refractivity contribution in [3.63, 3.8) is 0 Å². The number of benzene rings is 1. The Morgan fingerprint density at radius 2 is 2.29 bits per heavy atom. The van der Waals surface area contributed by atoms with Crippen LogP contribution in [-0.4, -0.2) is 24.5 Å². The van der Waals surface area contributed by atoms with E-state index in [0.29, 0.717) is 5.92 Å². The van der Waals surface area contributed by atoms with Crippen molar-refractivity contribution in [1.29, 1.82) is 0 Å². The summed E-state index contributed by atoms with van der Waals surface area (Å²) in [6.07, 6.45) is 0.886. The van der Waals surface area contributed by atoms with Crippen LogP contribution in [-0.2, 0) is 0 Å². The quantitative estimate of drug-likeness (QED) is 0.798. The molecule has 1 N–H and O–H groups in total. The number of nitrogens with zero attached hydrogens (tertiary/aromatic N) is 1. The van der Waals surface area contributed by atoms with Crippen LogP contribution in [0.5, 0.6) is 0 Å². The first-order chi connectivity index (χ1) is 8.11. The fourth-order valence-corrected chi connectivity index (χ4v) is 2.44. The molecule has 1 aliphatic rings. The van der Waals surface area contributed by atoms with Gasteiger partial charge in [0, 0.05) is 13.6 Å². The first-order valence-electron chi connectivity index (χ1n) is 5.85. The fourth-order valence-electron chi connectivity index (χ4n) is 2.44. The topological polar surface area (TPSA) is 32.3 Å². The number of carbonyl (C=O) groups is 1. The highest BCUT2D eigenvalue weighted by Gasteiger charge is 2.33. The summed E-state index contributed by atoms with van der Waals surface area (Å²) in [4.78, 5) is 13.5. The Bertz CT molecular complexity index is 422. The average molecular weight is 236 g/mol. The number of hydrogen-bond donors (Lipinski definition) is 1. The first-order valence-corrected chi connectivity index (χ1v) is 5.85. The average Bonchev–Trinajstić information content (AvgIpc) is 2.70. The molecule has 1 aromatic rings. The van der Waals surface area contributed by atoms with Gasteiger partial charge in [-0.05, 0) is 30.0 Å². The molecule has 0 spiro atoms. The molecule has 0 bridgehead atoms. The number of nitrogens with one attached hydrogen (secondary N) is 1. The van der Waals surface area contributed by atoms with E-state index >= 15 is 0 Å². The first kappa shape index (κ1) is 11.9. The lowest BCUT2D eigenvalue weighted by Gasteiger charge is -2.24. The van der Waals surface area contributed by atoms with Gasteiger partial charge in [-0.15, -0.1) is 0 Å². The highest BCUT2D eigenvalue weighted by atomic mass is 19.1. The van der Waals surface area contributed by atoms with Crippen molar-refractivity contribution in [2.45, 2.75) is 19.4 Å². The SMILES string of the molecule is CNC(=O)N1CC(C)CC1c1cccc(F)c1. The van der Waals surface area contributed by atoms with E-state index in [2.05, 4.69) is 12.2 Å². The summed E-state index contributed by atoms with van der Waals surface area (Å²) in [6.45, 7) is 2.83. The summed E-state index contributed by atoms with van der Waals surface area (Å²) in [5, 5.41) is 2.64. The summed E-state index contributed by atoms with van der Waals surface area (Å²) in [7, 11) is 1.62. The van der Waals surface area contributed by atoms with Gasteiger partial charge in [-0.2, -0.15) is 0 Å². The molecule has 1 aliphatic heterocycles. The zero-order chi connectivity index (χ0) is 12.4. The number of carbonyl (C=O) groups excluding carboxylic acids is 1. The molecule has 1 fully saturated rings. The van der Waals surface area contributed by atoms with Gasteiger partial charge in [0.15, 0.2) is 0 Å². The minimum absolute atomic E-state index is 0.0133. The highest BCUT2D eigenvalue weighted by Crippen LogP contribution is 2.35. The molecule has 0 aliphatic carbocycles. The Kier molecular flexibility index (Phi) is 3.31. The minimum atomic E-state index is -0.251. The van der Waals surface area contributed by atoms with E-state index < -0.39 is 0 Å². The van der Waals surface area contributed by atoms with Gasteiger partial charge in [-0.3, -0.25) is 0 Å². The maximum Gasteiger partial charge on any atom is 0.317 e. The second-order valence-electron chi connectivity index (χ2n) is 4.62. The van der Waals surface area contributed by atoms with E-state index in [1.165, 1.54) is 12.1 Å². The largest absolute Gasteiger partial charge is 0.341 e. The van der Waals surface area contributed by atoms with Gasteiger partial charge >= 0.3 is 6.03 Å². The van der Waals surface area contributed by atoms with Crippen LogP contribution in [0.3, 0.4) is 0 Å². The Morgan fingerprint density at radius 1 is 1.53 bits per heavy atom. The van der Waals surface area contributed by atoms with Gasteiger partial charge in [-0.25, -0.2) is 9.18 Å². The van der Waals surface area contributed by atoms with Gasteiger partial charge in [0.25, 0.3) is 0 Å². The van der Waals surface area contributed by atoms with Crippen LogP contribution in [0.2, 0.25) is 0 Å². The molecule has 17 heavy (non-hydrogen) atoms. The summed E-state index contributed by atoms with van der Waals surface area (Å²) in [5.41, 5.74) is 0.873. The highest BCUT2D eigenvalue weighted by molar-refractivity contribution is 5.74. The summed E-state index contributed by atoms with van der Waals surface area (Å²) < 4.78 is 13.2. The second kappa shape index (κ2) is 4.73. The normalized spacial score (nSPS) is 23.8. The number of halogens is 1. The van der Waals surface area contributed by atoms with E-state index in [1.54, 1.807) is 18.0 Å². The van der Waals surface area contributed by atoms with E-state index in [4.69, 9.17) is 0 Å². The van der Waals surface area contributed by atoms with Gasteiger partial charge in [0.1, 0.15) is 5.82 Å². The van der Waals surface area contributed by atoms with Crippen molar-refractivity contribution in [1.82, 2.24) is 10.2 Å². The molecule has 1 saturated heterocycles. The van der Waals surface area contributed by atoms with Crippen LogP contribution in [0.4, 0.5) is 9.18 Å². The van der Waals surface area contributed by atoms with Crippen LogP contribution in [0.15, 0.2) is 24.3 Å². The summed E-state index contributed by atoms with van der Waals surface area (Å²) in [5.74, 6) is 0.194. The number of likely N-dealkylation sites (tertiary alicyclic amines) is 1. The smallest absolute Gasteiger partial charge is 0.317 e. The molecule has 0 radical (unpaired) electrons. The van der Waals surface area contributed by atoms with E-state index in [1.807, 2.05) is 6.07 Å². The monoisotopic (exact) mass is 236 g/mol. The van der Waals surface area contributed by atoms with Crippen molar-refractivity contribution in [2.24, 2.45) is 5.92 Å². The lowest BCUT2D eigenvalue weighted by Crippen LogP contribution is -2.37. The second-order valence-corrected chi connectivity index (χ2v) is 4.62. The van der Waals surface area contributed by atoms with Gasteiger partial charge in [-0.1, -0.05) is 19.1 Å². The van der Waals surface area contributed by atoms with Crippen LogP contribution in [0.25, 0.3) is 0 Å². The van der Waals surface area contributed by atoms with E-state index in [9.17, 15) is 9.18 Å². The predicted molar refractivity (Wildman–Crippen MR) is 64.1 cm³/mol. The Balaban J connectivity index is 2.26. The van der Waals surface area contributed by atoms with Crippen LogP contribution >= 0.6 is 0 Å².